The van der Waals surface area contributed by atoms with Crippen LogP contribution in [0.5, 0.6) is 0 Å². The normalized spacial score (nSPS) is 16.9. The molecule has 8 heteroatoms. The number of alkyl halides is 3. The molecular formula is C23H21F3N4O. The summed E-state index contributed by atoms with van der Waals surface area (Å²) in [5, 5.41) is 0. The summed E-state index contributed by atoms with van der Waals surface area (Å²) in [6.07, 6.45) is 0.0628. The van der Waals surface area contributed by atoms with Crippen molar-refractivity contribution in [3.63, 3.8) is 0 Å². The zero-order chi connectivity index (χ0) is 21.6. The zero-order valence-electron chi connectivity index (χ0n) is 16.7. The molecule has 2 aromatic heterocycles. The predicted molar refractivity (Wildman–Crippen MR) is 109 cm³/mol. The van der Waals surface area contributed by atoms with Gasteiger partial charge in [0, 0.05) is 43.7 Å². The van der Waals surface area contributed by atoms with Gasteiger partial charge in [-0.15, -0.1) is 0 Å². The third-order valence-corrected chi connectivity index (χ3v) is 5.87. The molecule has 160 valence electrons. The lowest BCUT2D eigenvalue weighted by Gasteiger charge is -2.27. The molecule has 1 saturated carbocycles. The van der Waals surface area contributed by atoms with Crippen LogP contribution in [-0.4, -0.2) is 26.4 Å². The summed E-state index contributed by atoms with van der Waals surface area (Å²) in [7, 11) is 0. The maximum absolute atomic E-state index is 13.3. The van der Waals surface area contributed by atoms with Gasteiger partial charge in [0.05, 0.1) is 22.5 Å². The fraction of sp³-hybridized carbons (Fsp3) is 0.348. The summed E-state index contributed by atoms with van der Waals surface area (Å²) in [6.45, 7) is 1.84. The van der Waals surface area contributed by atoms with E-state index in [1.54, 1.807) is 24.4 Å². The summed E-state index contributed by atoms with van der Waals surface area (Å²) in [5.74, 6) is 1.22. The molecule has 0 radical (unpaired) electrons. The number of benzene rings is 1. The quantitative estimate of drug-likeness (QED) is 0.676. The minimum atomic E-state index is -4.43. The number of aromatic nitrogens is 3. The number of nitrogens with zero attached hydrogens (tertiary/aromatic N) is 3. The first-order valence-electron chi connectivity index (χ1n) is 10.3. The van der Waals surface area contributed by atoms with E-state index in [-0.39, 0.29) is 16.8 Å². The molecule has 0 bridgehead atoms. The van der Waals surface area contributed by atoms with E-state index in [2.05, 4.69) is 19.9 Å². The lowest BCUT2D eigenvalue weighted by atomic mass is 10.0. The van der Waals surface area contributed by atoms with Gasteiger partial charge < -0.3 is 4.98 Å². The van der Waals surface area contributed by atoms with E-state index >= 15 is 0 Å². The Morgan fingerprint density at radius 2 is 1.94 bits per heavy atom. The number of aromatic amines is 1. The van der Waals surface area contributed by atoms with Gasteiger partial charge in [0.2, 0.25) is 0 Å². The number of hydrogen-bond donors (Lipinski definition) is 1. The highest BCUT2D eigenvalue weighted by atomic mass is 19.4. The monoisotopic (exact) mass is 426 g/mol. The first kappa shape index (κ1) is 19.9. The molecule has 1 aromatic carbocycles. The Balaban J connectivity index is 1.32. The van der Waals surface area contributed by atoms with Crippen molar-refractivity contribution in [1.29, 1.82) is 0 Å². The van der Waals surface area contributed by atoms with Crippen LogP contribution in [0.4, 0.5) is 13.2 Å². The van der Waals surface area contributed by atoms with E-state index in [9.17, 15) is 18.0 Å². The standard InChI is InChI=1S/C23H21F3N4O/c24-23(25,26)18-4-2-1-3-16(18)19-8-5-14(11-27-19)12-30-10-9-20-17(13-30)22(31)29-21(28-20)15-6-7-15/h1-5,8,11,15H,6-7,9-10,12-13H2,(H,28,29,31). The van der Waals surface area contributed by atoms with E-state index in [1.165, 1.54) is 12.1 Å². The molecule has 5 rings (SSSR count). The van der Waals surface area contributed by atoms with Gasteiger partial charge in [-0.2, -0.15) is 13.2 Å². The van der Waals surface area contributed by atoms with Crippen molar-refractivity contribution in [3.05, 3.63) is 81.2 Å². The van der Waals surface area contributed by atoms with E-state index in [4.69, 9.17) is 0 Å². The fourth-order valence-corrected chi connectivity index (χ4v) is 4.07. The highest BCUT2D eigenvalue weighted by Crippen LogP contribution is 2.38. The molecule has 1 aliphatic heterocycles. The topological polar surface area (TPSA) is 61.9 Å². The molecule has 1 aliphatic carbocycles. The van der Waals surface area contributed by atoms with Crippen LogP contribution in [0.15, 0.2) is 47.4 Å². The summed E-state index contributed by atoms with van der Waals surface area (Å²) in [5.41, 5.74) is 2.08. The largest absolute Gasteiger partial charge is 0.417 e. The summed E-state index contributed by atoms with van der Waals surface area (Å²) in [4.78, 5) is 26.5. The van der Waals surface area contributed by atoms with Gasteiger partial charge in [0.15, 0.2) is 0 Å². The van der Waals surface area contributed by atoms with Crippen molar-refractivity contribution in [1.82, 2.24) is 19.9 Å². The number of pyridine rings is 1. The molecule has 31 heavy (non-hydrogen) atoms. The van der Waals surface area contributed by atoms with Crippen LogP contribution >= 0.6 is 0 Å². The molecule has 2 aliphatic rings. The second kappa shape index (κ2) is 7.60. The van der Waals surface area contributed by atoms with Gasteiger partial charge in [0.1, 0.15) is 5.82 Å². The minimum Gasteiger partial charge on any atom is -0.310 e. The molecule has 0 saturated heterocycles. The third-order valence-electron chi connectivity index (χ3n) is 5.87. The first-order valence-corrected chi connectivity index (χ1v) is 10.3. The molecule has 0 amide bonds. The molecule has 0 atom stereocenters. The van der Waals surface area contributed by atoms with E-state index in [0.717, 1.165) is 42.5 Å². The first-order chi connectivity index (χ1) is 14.9. The number of nitrogens with one attached hydrogen (secondary N) is 1. The maximum atomic E-state index is 13.3. The van der Waals surface area contributed by atoms with Crippen LogP contribution < -0.4 is 5.56 Å². The van der Waals surface area contributed by atoms with E-state index in [0.29, 0.717) is 31.0 Å². The van der Waals surface area contributed by atoms with Crippen LogP contribution in [0.2, 0.25) is 0 Å². The Labute approximate surface area is 177 Å². The fourth-order valence-electron chi connectivity index (χ4n) is 4.07. The molecule has 0 spiro atoms. The highest BCUT2D eigenvalue weighted by Gasteiger charge is 2.33. The van der Waals surface area contributed by atoms with Gasteiger partial charge >= 0.3 is 6.18 Å². The molecule has 1 N–H and O–H groups in total. The van der Waals surface area contributed by atoms with Crippen LogP contribution in [0, 0.1) is 0 Å². The Morgan fingerprint density at radius 1 is 1.13 bits per heavy atom. The van der Waals surface area contributed by atoms with Crippen molar-refractivity contribution in [3.8, 4) is 11.3 Å². The Morgan fingerprint density at radius 3 is 2.65 bits per heavy atom. The number of rotatable bonds is 4. The highest BCUT2D eigenvalue weighted by molar-refractivity contribution is 5.64. The van der Waals surface area contributed by atoms with Crippen molar-refractivity contribution < 1.29 is 13.2 Å². The molecule has 3 heterocycles. The van der Waals surface area contributed by atoms with Crippen LogP contribution in [0.3, 0.4) is 0 Å². The minimum absolute atomic E-state index is 0.0613. The van der Waals surface area contributed by atoms with Crippen molar-refractivity contribution in [2.45, 2.75) is 44.4 Å². The van der Waals surface area contributed by atoms with Gasteiger partial charge in [-0.25, -0.2) is 4.98 Å². The molecule has 3 aromatic rings. The molecule has 5 nitrogen and oxygen atoms in total. The second-order valence-corrected chi connectivity index (χ2v) is 8.21. The van der Waals surface area contributed by atoms with E-state index in [1.807, 2.05) is 0 Å². The van der Waals surface area contributed by atoms with Crippen molar-refractivity contribution in [2.24, 2.45) is 0 Å². The maximum Gasteiger partial charge on any atom is 0.417 e. The van der Waals surface area contributed by atoms with Gasteiger partial charge in [0.25, 0.3) is 5.56 Å². The third kappa shape index (κ3) is 4.12. The second-order valence-electron chi connectivity index (χ2n) is 8.21. The van der Waals surface area contributed by atoms with Crippen LogP contribution in [0.25, 0.3) is 11.3 Å². The SMILES string of the molecule is O=c1[nH]c(C2CC2)nc2c1CN(Cc1ccc(-c3ccccc3C(F)(F)F)nc1)CC2. The number of fused-ring (bicyclic) bond motifs is 1. The predicted octanol–water partition coefficient (Wildman–Crippen LogP) is 4.29. The van der Waals surface area contributed by atoms with Crippen LogP contribution in [-0.2, 0) is 25.7 Å². The summed E-state index contributed by atoms with van der Waals surface area (Å²) in [6, 6.07) is 8.86. The summed E-state index contributed by atoms with van der Waals surface area (Å²) >= 11 is 0. The van der Waals surface area contributed by atoms with Crippen molar-refractivity contribution in [2.75, 3.05) is 6.54 Å². The Bertz CT molecular complexity index is 1170. The average molecular weight is 426 g/mol. The van der Waals surface area contributed by atoms with Crippen LogP contribution in [0.1, 0.15) is 47.0 Å². The molecular weight excluding hydrogens is 405 g/mol. The van der Waals surface area contributed by atoms with Gasteiger partial charge in [-0.1, -0.05) is 24.3 Å². The smallest absolute Gasteiger partial charge is 0.310 e. The lowest BCUT2D eigenvalue weighted by Crippen LogP contribution is -2.35. The molecule has 0 unspecified atom stereocenters. The Hall–Kier alpha value is -3.00. The number of H-pyrrole nitrogens is 1. The van der Waals surface area contributed by atoms with Gasteiger partial charge in [-0.3, -0.25) is 14.7 Å². The lowest BCUT2D eigenvalue weighted by molar-refractivity contribution is -0.137. The average Bonchev–Trinajstić information content (AvgIpc) is 3.60. The Kier molecular flexibility index (Phi) is 4.89. The van der Waals surface area contributed by atoms with Crippen molar-refractivity contribution >= 4 is 0 Å². The number of hydrogen-bond acceptors (Lipinski definition) is 4. The summed E-state index contributed by atoms with van der Waals surface area (Å²) < 4.78 is 39.8. The zero-order valence-corrected chi connectivity index (χ0v) is 16.7. The molecule has 1 fully saturated rings. The number of halogens is 3. The van der Waals surface area contributed by atoms with E-state index < -0.39 is 11.7 Å². The van der Waals surface area contributed by atoms with Gasteiger partial charge in [-0.05, 0) is 30.5 Å².